The van der Waals surface area contributed by atoms with Crippen LogP contribution in [0.2, 0.25) is 0 Å². The fourth-order valence-corrected chi connectivity index (χ4v) is 2.70. The minimum Gasteiger partial charge on any atom is -0.339 e. The molecule has 0 bridgehead atoms. The van der Waals surface area contributed by atoms with Gasteiger partial charge in [-0.1, -0.05) is 11.2 Å². The molecule has 0 atom stereocenters. The fourth-order valence-electron chi connectivity index (χ4n) is 1.96. The average Bonchev–Trinajstić information content (AvgIpc) is 2.82. The molecular weight excluding hydrogens is 222 g/mol. The summed E-state index contributed by atoms with van der Waals surface area (Å²) in [7, 11) is 0. The predicted molar refractivity (Wildman–Crippen MR) is 61.4 cm³/mol. The molecule has 0 amide bonds. The number of hydrogen-bond donors (Lipinski definition) is 0. The first-order chi connectivity index (χ1) is 7.81. The van der Waals surface area contributed by atoms with Crippen LogP contribution in [0, 0.1) is 6.92 Å². The van der Waals surface area contributed by atoms with Crippen LogP contribution in [0.15, 0.2) is 22.0 Å². The van der Waals surface area contributed by atoms with Crippen LogP contribution in [0.1, 0.15) is 22.5 Å². The molecule has 16 heavy (non-hydrogen) atoms. The second kappa shape index (κ2) is 3.99. The summed E-state index contributed by atoms with van der Waals surface area (Å²) in [5.41, 5.74) is 0. The highest BCUT2D eigenvalue weighted by Gasteiger charge is 2.32. The first-order valence-corrected chi connectivity index (χ1v) is 6.24. The Bertz CT molecular complexity index is 459. The number of nitrogens with zero attached hydrogens (tertiary/aromatic N) is 3. The zero-order chi connectivity index (χ0) is 11.0. The van der Waals surface area contributed by atoms with Crippen molar-refractivity contribution in [2.45, 2.75) is 19.4 Å². The second-order valence-electron chi connectivity index (χ2n) is 4.15. The Kier molecular flexibility index (Phi) is 2.49. The lowest BCUT2D eigenvalue weighted by atomic mass is 10.0. The molecule has 2 aromatic rings. The Hall–Kier alpha value is -1.20. The molecule has 3 rings (SSSR count). The maximum atomic E-state index is 5.17. The van der Waals surface area contributed by atoms with E-state index in [1.165, 1.54) is 4.88 Å². The molecule has 84 valence electrons. The summed E-state index contributed by atoms with van der Waals surface area (Å²) in [5, 5.41) is 5.94. The van der Waals surface area contributed by atoms with E-state index in [1.54, 1.807) is 0 Å². The maximum absolute atomic E-state index is 5.17. The molecular formula is C11H13N3OS. The van der Waals surface area contributed by atoms with Crippen molar-refractivity contribution >= 4 is 11.3 Å². The number of rotatable bonds is 3. The van der Waals surface area contributed by atoms with Gasteiger partial charge in [-0.2, -0.15) is 4.98 Å². The summed E-state index contributed by atoms with van der Waals surface area (Å²) in [5.74, 6) is 1.95. The molecule has 5 heteroatoms. The van der Waals surface area contributed by atoms with Gasteiger partial charge in [0.15, 0.2) is 5.82 Å². The van der Waals surface area contributed by atoms with Gasteiger partial charge < -0.3 is 4.52 Å². The number of aryl methyl sites for hydroxylation is 1. The molecule has 0 N–H and O–H groups in total. The van der Waals surface area contributed by atoms with Crippen molar-refractivity contribution in [2.75, 3.05) is 13.1 Å². The van der Waals surface area contributed by atoms with E-state index in [9.17, 15) is 0 Å². The third-order valence-electron chi connectivity index (χ3n) is 2.81. The van der Waals surface area contributed by atoms with Crippen LogP contribution in [-0.4, -0.2) is 28.1 Å². The van der Waals surface area contributed by atoms with E-state index in [1.807, 2.05) is 18.3 Å². The van der Waals surface area contributed by atoms with Gasteiger partial charge in [0.2, 0.25) is 5.89 Å². The monoisotopic (exact) mass is 235 g/mol. The molecule has 2 aromatic heterocycles. The first-order valence-electron chi connectivity index (χ1n) is 5.36. The van der Waals surface area contributed by atoms with Gasteiger partial charge in [-0.3, -0.25) is 4.90 Å². The summed E-state index contributed by atoms with van der Waals surface area (Å²) < 4.78 is 5.17. The van der Waals surface area contributed by atoms with Crippen molar-refractivity contribution in [3.8, 4) is 0 Å². The molecule has 1 fully saturated rings. The molecule has 1 aliphatic rings. The molecule has 0 aliphatic carbocycles. The van der Waals surface area contributed by atoms with Crippen LogP contribution in [0.25, 0.3) is 0 Å². The molecule has 3 heterocycles. The topological polar surface area (TPSA) is 42.2 Å². The van der Waals surface area contributed by atoms with Crippen LogP contribution in [-0.2, 0) is 6.54 Å². The maximum Gasteiger partial charge on any atom is 0.232 e. The molecule has 0 aromatic carbocycles. The Morgan fingerprint density at radius 1 is 1.56 bits per heavy atom. The van der Waals surface area contributed by atoms with Crippen molar-refractivity contribution in [1.29, 1.82) is 0 Å². The van der Waals surface area contributed by atoms with Crippen LogP contribution in [0.5, 0.6) is 0 Å². The molecule has 0 spiro atoms. The third-order valence-corrected chi connectivity index (χ3v) is 3.67. The lowest BCUT2D eigenvalue weighted by molar-refractivity contribution is 0.118. The van der Waals surface area contributed by atoms with Gasteiger partial charge in [0.25, 0.3) is 0 Å². The SMILES string of the molecule is Cc1noc(C2CN(Cc3cccs3)C2)n1. The number of thiophene rings is 1. The molecule has 0 radical (unpaired) electrons. The van der Waals surface area contributed by atoms with Crippen molar-refractivity contribution in [3.05, 3.63) is 34.1 Å². The minimum absolute atomic E-state index is 0.432. The Morgan fingerprint density at radius 2 is 2.44 bits per heavy atom. The summed E-state index contributed by atoms with van der Waals surface area (Å²) >= 11 is 1.81. The molecule has 0 unspecified atom stereocenters. The van der Waals surface area contributed by atoms with E-state index >= 15 is 0 Å². The normalized spacial score (nSPS) is 17.6. The van der Waals surface area contributed by atoms with Crippen LogP contribution in [0.4, 0.5) is 0 Å². The van der Waals surface area contributed by atoms with Gasteiger partial charge in [-0.25, -0.2) is 0 Å². The van der Waals surface area contributed by atoms with E-state index < -0.39 is 0 Å². The van der Waals surface area contributed by atoms with Crippen molar-refractivity contribution in [2.24, 2.45) is 0 Å². The fraction of sp³-hybridized carbons (Fsp3) is 0.455. The van der Waals surface area contributed by atoms with Crippen molar-refractivity contribution < 1.29 is 4.52 Å². The van der Waals surface area contributed by atoms with Gasteiger partial charge in [0, 0.05) is 24.5 Å². The largest absolute Gasteiger partial charge is 0.339 e. The Labute approximate surface area is 97.9 Å². The summed E-state index contributed by atoms with van der Waals surface area (Å²) in [6.45, 7) is 4.95. The van der Waals surface area contributed by atoms with Crippen molar-refractivity contribution in [1.82, 2.24) is 15.0 Å². The smallest absolute Gasteiger partial charge is 0.232 e. The van der Waals surface area contributed by atoms with E-state index in [4.69, 9.17) is 4.52 Å². The van der Waals surface area contributed by atoms with E-state index in [0.29, 0.717) is 5.92 Å². The lowest BCUT2D eigenvalue weighted by Crippen LogP contribution is -2.44. The number of aromatic nitrogens is 2. The van der Waals surface area contributed by atoms with Gasteiger partial charge in [0.05, 0.1) is 5.92 Å². The second-order valence-corrected chi connectivity index (χ2v) is 5.18. The van der Waals surface area contributed by atoms with E-state index in [-0.39, 0.29) is 0 Å². The lowest BCUT2D eigenvalue weighted by Gasteiger charge is -2.36. The van der Waals surface area contributed by atoms with E-state index in [0.717, 1.165) is 31.3 Å². The van der Waals surface area contributed by atoms with Gasteiger partial charge >= 0.3 is 0 Å². The minimum atomic E-state index is 0.432. The quantitative estimate of drug-likeness (QED) is 0.816. The van der Waals surface area contributed by atoms with Gasteiger partial charge in [0.1, 0.15) is 0 Å². The first kappa shape index (κ1) is 9.99. The summed E-state index contributed by atoms with van der Waals surface area (Å²) in [6, 6.07) is 4.27. The highest BCUT2D eigenvalue weighted by Crippen LogP contribution is 2.27. The third kappa shape index (κ3) is 1.88. The summed E-state index contributed by atoms with van der Waals surface area (Å²) in [6.07, 6.45) is 0. The Balaban J connectivity index is 1.55. The highest BCUT2D eigenvalue weighted by atomic mass is 32.1. The van der Waals surface area contributed by atoms with Crippen molar-refractivity contribution in [3.63, 3.8) is 0 Å². The standard InChI is InChI=1S/C11H13N3OS/c1-8-12-11(15-13-8)9-5-14(6-9)7-10-3-2-4-16-10/h2-4,9H,5-7H2,1H3. The average molecular weight is 235 g/mol. The zero-order valence-electron chi connectivity index (χ0n) is 9.09. The Morgan fingerprint density at radius 3 is 3.06 bits per heavy atom. The predicted octanol–water partition coefficient (Wildman–Crippen LogP) is 2.04. The number of likely N-dealkylation sites (tertiary alicyclic amines) is 1. The summed E-state index contributed by atoms with van der Waals surface area (Å²) in [4.78, 5) is 8.08. The molecule has 0 saturated carbocycles. The zero-order valence-corrected chi connectivity index (χ0v) is 9.91. The highest BCUT2D eigenvalue weighted by molar-refractivity contribution is 7.09. The van der Waals surface area contributed by atoms with Gasteiger partial charge in [-0.05, 0) is 18.4 Å². The van der Waals surface area contributed by atoms with Crippen LogP contribution >= 0.6 is 11.3 Å². The number of hydrogen-bond acceptors (Lipinski definition) is 5. The van der Waals surface area contributed by atoms with E-state index in [2.05, 4.69) is 32.6 Å². The van der Waals surface area contributed by atoms with Crippen LogP contribution < -0.4 is 0 Å². The molecule has 4 nitrogen and oxygen atoms in total. The van der Waals surface area contributed by atoms with Gasteiger partial charge in [-0.15, -0.1) is 11.3 Å². The van der Waals surface area contributed by atoms with Crippen LogP contribution in [0.3, 0.4) is 0 Å². The molecule has 1 saturated heterocycles. The molecule has 1 aliphatic heterocycles.